The second kappa shape index (κ2) is 5.08. The summed E-state index contributed by atoms with van der Waals surface area (Å²) in [5.41, 5.74) is 2.25. The molecule has 0 bridgehead atoms. The molecule has 3 aromatic carbocycles. The summed E-state index contributed by atoms with van der Waals surface area (Å²) in [4.78, 5) is 0. The smallest absolute Gasteiger partial charge is 0.124 e. The zero-order valence-electron chi connectivity index (χ0n) is 12.1. The van der Waals surface area contributed by atoms with Crippen molar-refractivity contribution in [2.24, 2.45) is 0 Å². The molecule has 1 heterocycles. The van der Waals surface area contributed by atoms with E-state index in [1.807, 2.05) is 91.0 Å². The van der Waals surface area contributed by atoms with E-state index in [1.54, 1.807) is 0 Å². The van der Waals surface area contributed by atoms with Gasteiger partial charge in [-0.2, -0.15) is 0 Å². The molecule has 0 aliphatic carbocycles. The van der Waals surface area contributed by atoms with Crippen molar-refractivity contribution in [2.75, 3.05) is 0 Å². The Morgan fingerprint density at radius 3 is 1.50 bits per heavy atom. The molecule has 0 radical (unpaired) electrons. The lowest BCUT2D eigenvalue weighted by Crippen LogP contribution is -2.15. The van der Waals surface area contributed by atoms with Gasteiger partial charge in [0.2, 0.25) is 0 Å². The lowest BCUT2D eigenvalue weighted by atomic mass is 9.85. The van der Waals surface area contributed by atoms with Gasteiger partial charge in [-0.05, 0) is 16.7 Å². The van der Waals surface area contributed by atoms with Crippen LogP contribution in [0.3, 0.4) is 0 Å². The highest BCUT2D eigenvalue weighted by molar-refractivity contribution is 5.50. The normalized spacial score (nSPS) is 22.2. The minimum atomic E-state index is -0.718. The first kappa shape index (κ1) is 13.2. The Hall–Kier alpha value is -2.45. The first-order valence-electron chi connectivity index (χ1n) is 7.46. The van der Waals surface area contributed by atoms with Crippen LogP contribution in [0, 0.1) is 0 Å². The van der Waals surface area contributed by atoms with Gasteiger partial charge < -0.3 is 0 Å². The van der Waals surface area contributed by atoms with Gasteiger partial charge in [-0.3, -0.25) is 0 Å². The van der Waals surface area contributed by atoms with E-state index >= 15 is 0 Å². The van der Waals surface area contributed by atoms with Crippen molar-refractivity contribution < 1.29 is 4.48 Å². The van der Waals surface area contributed by atoms with Crippen molar-refractivity contribution in [3.05, 3.63) is 108 Å². The zero-order chi connectivity index (χ0) is 15.0. The Balaban J connectivity index is 1.89. The molecule has 0 saturated carbocycles. The third-order valence-corrected chi connectivity index (χ3v) is 4.43. The van der Waals surface area contributed by atoms with Crippen molar-refractivity contribution in [2.45, 2.75) is 11.6 Å². The molecule has 2 heteroatoms. The van der Waals surface area contributed by atoms with Crippen LogP contribution in [0.4, 0.5) is 4.48 Å². The van der Waals surface area contributed by atoms with E-state index in [9.17, 15) is 4.48 Å². The van der Waals surface area contributed by atoms with Gasteiger partial charge in [0, 0.05) is 0 Å². The monoisotopic (exact) mass is 289 g/mol. The molecule has 0 N–H and O–H groups in total. The van der Waals surface area contributed by atoms with Crippen LogP contribution in [-0.4, -0.2) is 5.12 Å². The predicted octanol–water partition coefficient (Wildman–Crippen LogP) is 4.87. The van der Waals surface area contributed by atoms with Crippen LogP contribution in [0.15, 0.2) is 91.0 Å². The summed E-state index contributed by atoms with van der Waals surface area (Å²) in [7, 11) is 0. The van der Waals surface area contributed by atoms with Crippen LogP contribution in [0.1, 0.15) is 22.7 Å². The summed E-state index contributed by atoms with van der Waals surface area (Å²) in [6.45, 7) is 0. The van der Waals surface area contributed by atoms with E-state index in [-0.39, 0.29) is 6.04 Å². The molecule has 1 aliphatic rings. The Morgan fingerprint density at radius 1 is 0.636 bits per heavy atom. The van der Waals surface area contributed by atoms with Crippen molar-refractivity contribution in [1.82, 2.24) is 5.12 Å². The molecule has 3 aromatic rings. The highest BCUT2D eigenvalue weighted by Crippen LogP contribution is 2.64. The molecule has 1 nitrogen and oxygen atoms in total. The number of nitrogens with zero attached hydrogens (tertiary/aromatic N) is 1. The maximum atomic E-state index is 15.0. The predicted molar refractivity (Wildman–Crippen MR) is 85.8 cm³/mol. The van der Waals surface area contributed by atoms with Gasteiger partial charge in [-0.15, -0.1) is 9.60 Å². The molecule has 2 unspecified atom stereocenters. The van der Waals surface area contributed by atoms with Crippen LogP contribution < -0.4 is 0 Å². The van der Waals surface area contributed by atoms with Crippen LogP contribution in [0.2, 0.25) is 0 Å². The number of halogens is 1. The van der Waals surface area contributed by atoms with Crippen molar-refractivity contribution in [3.8, 4) is 0 Å². The summed E-state index contributed by atoms with van der Waals surface area (Å²) in [5.74, 6) is 0. The SMILES string of the molecule is FN1C(c2ccccc2)C1(c1ccccc1)c1ccccc1. The fourth-order valence-electron chi connectivity index (χ4n) is 3.38. The van der Waals surface area contributed by atoms with Crippen molar-refractivity contribution >= 4 is 0 Å². The number of hydrogen-bond donors (Lipinski definition) is 0. The fraction of sp³-hybridized carbons (Fsp3) is 0.100. The molecule has 108 valence electrons. The largest absolute Gasteiger partial charge is 0.133 e. The maximum absolute atomic E-state index is 15.0. The van der Waals surface area contributed by atoms with Gasteiger partial charge in [0.15, 0.2) is 0 Å². The number of hydrogen-bond acceptors (Lipinski definition) is 1. The Bertz CT molecular complexity index is 716. The standard InChI is InChI=1S/C20H16FN/c21-22-19(16-10-4-1-5-11-16)20(22,17-12-6-2-7-13-17)18-14-8-3-9-15-18/h1-15,19H. The molecule has 1 aliphatic heterocycles. The van der Waals surface area contributed by atoms with Crippen LogP contribution in [-0.2, 0) is 5.54 Å². The minimum Gasteiger partial charge on any atom is -0.133 e. The van der Waals surface area contributed by atoms with Gasteiger partial charge in [0.1, 0.15) is 5.54 Å². The number of rotatable bonds is 3. The molecule has 0 spiro atoms. The molecule has 2 atom stereocenters. The lowest BCUT2D eigenvalue weighted by Gasteiger charge is -2.16. The van der Waals surface area contributed by atoms with Crippen molar-refractivity contribution in [1.29, 1.82) is 0 Å². The lowest BCUT2D eigenvalue weighted by molar-refractivity contribution is 0.130. The van der Waals surface area contributed by atoms with E-state index in [4.69, 9.17) is 0 Å². The molecular formula is C20H16FN. The Kier molecular flexibility index (Phi) is 3.05. The van der Waals surface area contributed by atoms with Gasteiger partial charge >= 0.3 is 0 Å². The van der Waals surface area contributed by atoms with Crippen LogP contribution >= 0.6 is 0 Å². The molecule has 22 heavy (non-hydrogen) atoms. The Morgan fingerprint density at radius 2 is 1.05 bits per heavy atom. The molecular weight excluding hydrogens is 273 g/mol. The Labute approximate surface area is 129 Å². The van der Waals surface area contributed by atoms with Gasteiger partial charge in [-0.1, -0.05) is 91.0 Å². The van der Waals surface area contributed by atoms with Crippen LogP contribution in [0.5, 0.6) is 0 Å². The molecule has 0 amide bonds. The maximum Gasteiger partial charge on any atom is 0.124 e. The topological polar surface area (TPSA) is 3.01 Å². The van der Waals surface area contributed by atoms with E-state index in [0.29, 0.717) is 0 Å². The third-order valence-electron chi connectivity index (χ3n) is 4.43. The average molecular weight is 289 g/mol. The van der Waals surface area contributed by atoms with Gasteiger partial charge in [0.25, 0.3) is 0 Å². The third kappa shape index (κ3) is 1.81. The minimum absolute atomic E-state index is 0.279. The molecule has 4 rings (SSSR count). The highest BCUT2D eigenvalue weighted by Gasteiger charge is 2.67. The van der Waals surface area contributed by atoms with E-state index in [1.165, 1.54) is 0 Å². The van der Waals surface area contributed by atoms with Gasteiger partial charge in [-0.25, -0.2) is 0 Å². The quantitative estimate of drug-likeness (QED) is 0.491. The summed E-state index contributed by atoms with van der Waals surface area (Å²) in [6, 6.07) is 29.4. The molecule has 1 fully saturated rings. The van der Waals surface area contributed by atoms with E-state index < -0.39 is 5.54 Å². The van der Waals surface area contributed by atoms with Crippen molar-refractivity contribution in [3.63, 3.8) is 0 Å². The van der Waals surface area contributed by atoms with Gasteiger partial charge in [0.05, 0.1) is 6.04 Å². The summed E-state index contributed by atoms with van der Waals surface area (Å²) in [6.07, 6.45) is 0. The summed E-state index contributed by atoms with van der Waals surface area (Å²) >= 11 is 0. The zero-order valence-corrected chi connectivity index (χ0v) is 12.1. The van der Waals surface area contributed by atoms with E-state index in [2.05, 4.69) is 0 Å². The molecule has 1 saturated heterocycles. The fourth-order valence-corrected chi connectivity index (χ4v) is 3.38. The summed E-state index contributed by atoms with van der Waals surface area (Å²) in [5, 5.41) is 0.965. The second-order valence-electron chi connectivity index (χ2n) is 5.62. The summed E-state index contributed by atoms with van der Waals surface area (Å²) < 4.78 is 15.0. The highest BCUT2D eigenvalue weighted by atomic mass is 19.2. The molecule has 0 aromatic heterocycles. The first-order valence-corrected chi connectivity index (χ1v) is 7.46. The number of benzene rings is 3. The first-order chi connectivity index (χ1) is 10.8. The van der Waals surface area contributed by atoms with Crippen LogP contribution in [0.25, 0.3) is 0 Å². The van der Waals surface area contributed by atoms with E-state index in [0.717, 1.165) is 21.8 Å². The second-order valence-corrected chi connectivity index (χ2v) is 5.62. The average Bonchev–Trinajstić information content (AvgIpc) is 3.24.